The maximum absolute atomic E-state index is 13.8. The van der Waals surface area contributed by atoms with Crippen molar-refractivity contribution in [1.29, 1.82) is 0 Å². The van der Waals surface area contributed by atoms with E-state index in [0.29, 0.717) is 6.07 Å². The average Bonchev–Trinajstić information content (AvgIpc) is 2.69. The number of nitrogens with zero attached hydrogens (tertiary/aromatic N) is 1. The van der Waals surface area contributed by atoms with Crippen LogP contribution in [0.15, 0.2) is 18.2 Å². The molecule has 0 unspecified atom stereocenters. The van der Waals surface area contributed by atoms with E-state index in [0.717, 1.165) is 12.1 Å². The number of carbonyl (C=O) groups excluding carboxylic acids is 2. The van der Waals surface area contributed by atoms with E-state index in [4.69, 9.17) is 9.47 Å². The first-order valence-corrected chi connectivity index (χ1v) is 8.28. The van der Waals surface area contributed by atoms with Crippen LogP contribution in [0, 0.1) is 11.6 Å². The lowest BCUT2D eigenvalue weighted by molar-refractivity contribution is -0.121. The summed E-state index contributed by atoms with van der Waals surface area (Å²) >= 11 is 0. The molecule has 1 heterocycles. The molecule has 0 bridgehead atoms. The number of rotatable bonds is 2. The SMILES string of the molecule is C[C@H]1OC(C)(C)N(C(=O)OC(C)(C)C)[C@@H]1C(=O)Nc1ccc(F)cc1F. The zero-order chi connectivity index (χ0) is 19.9. The molecule has 2 amide bonds. The van der Waals surface area contributed by atoms with Gasteiger partial charge in [0, 0.05) is 6.07 Å². The molecule has 1 saturated heterocycles. The molecule has 0 saturated carbocycles. The Morgan fingerprint density at radius 2 is 1.88 bits per heavy atom. The van der Waals surface area contributed by atoms with Gasteiger partial charge >= 0.3 is 6.09 Å². The van der Waals surface area contributed by atoms with Crippen molar-refractivity contribution in [2.75, 3.05) is 5.32 Å². The van der Waals surface area contributed by atoms with Crippen molar-refractivity contribution in [3.05, 3.63) is 29.8 Å². The Kier molecular flexibility index (Phi) is 5.28. The standard InChI is InChI=1S/C18H24F2N2O4/c1-10-14(15(23)21-13-8-7-11(19)9-12(13)20)22(18(5,6)25-10)16(24)26-17(2,3)4/h7-10,14H,1-6H3,(H,21,23)/t10-,14+/m1/s1. The van der Waals surface area contributed by atoms with E-state index in [1.165, 1.54) is 4.90 Å². The lowest BCUT2D eigenvalue weighted by Crippen LogP contribution is -2.54. The maximum Gasteiger partial charge on any atom is 0.413 e. The highest BCUT2D eigenvalue weighted by molar-refractivity contribution is 5.97. The monoisotopic (exact) mass is 370 g/mol. The van der Waals surface area contributed by atoms with Crippen LogP contribution >= 0.6 is 0 Å². The fourth-order valence-electron chi connectivity index (χ4n) is 2.89. The van der Waals surface area contributed by atoms with Gasteiger partial charge in [0.2, 0.25) is 5.91 Å². The quantitative estimate of drug-likeness (QED) is 0.863. The number of nitrogens with one attached hydrogen (secondary N) is 1. The molecule has 1 aliphatic rings. The second kappa shape index (κ2) is 6.83. The fraction of sp³-hybridized carbons (Fsp3) is 0.556. The number of anilines is 1. The lowest BCUT2D eigenvalue weighted by Gasteiger charge is -2.34. The first kappa shape index (κ1) is 20.1. The number of amides is 2. The number of ether oxygens (including phenoxy) is 2. The summed E-state index contributed by atoms with van der Waals surface area (Å²) in [7, 11) is 0. The van der Waals surface area contributed by atoms with Gasteiger partial charge in [0.05, 0.1) is 11.8 Å². The molecular formula is C18H24F2N2O4. The van der Waals surface area contributed by atoms with Crippen LogP contribution in [0.3, 0.4) is 0 Å². The van der Waals surface area contributed by atoms with Gasteiger partial charge < -0.3 is 14.8 Å². The van der Waals surface area contributed by atoms with E-state index in [-0.39, 0.29) is 5.69 Å². The molecule has 8 heteroatoms. The maximum atomic E-state index is 13.8. The van der Waals surface area contributed by atoms with Gasteiger partial charge in [-0.05, 0) is 53.7 Å². The molecule has 0 radical (unpaired) electrons. The van der Waals surface area contributed by atoms with Crippen LogP contribution in [0.1, 0.15) is 41.5 Å². The van der Waals surface area contributed by atoms with E-state index < -0.39 is 47.1 Å². The van der Waals surface area contributed by atoms with Crippen LogP contribution in [0.5, 0.6) is 0 Å². The predicted molar refractivity (Wildman–Crippen MR) is 91.5 cm³/mol. The van der Waals surface area contributed by atoms with Crippen LogP contribution < -0.4 is 5.32 Å². The zero-order valence-corrected chi connectivity index (χ0v) is 15.7. The Bertz CT molecular complexity index is 716. The number of halogens is 2. The summed E-state index contributed by atoms with van der Waals surface area (Å²) in [5, 5.41) is 2.39. The van der Waals surface area contributed by atoms with Gasteiger partial charge in [-0.25, -0.2) is 13.6 Å². The molecule has 1 N–H and O–H groups in total. The molecule has 1 aliphatic heterocycles. The Hall–Kier alpha value is -2.22. The molecule has 6 nitrogen and oxygen atoms in total. The Morgan fingerprint density at radius 3 is 2.42 bits per heavy atom. The van der Waals surface area contributed by atoms with Crippen molar-refractivity contribution < 1.29 is 27.8 Å². The van der Waals surface area contributed by atoms with Gasteiger partial charge in [0.15, 0.2) is 0 Å². The van der Waals surface area contributed by atoms with Crippen LogP contribution in [0.4, 0.5) is 19.3 Å². The van der Waals surface area contributed by atoms with Gasteiger partial charge in [-0.1, -0.05) is 0 Å². The van der Waals surface area contributed by atoms with Crippen molar-refractivity contribution in [1.82, 2.24) is 4.90 Å². The van der Waals surface area contributed by atoms with Crippen LogP contribution in [-0.2, 0) is 14.3 Å². The van der Waals surface area contributed by atoms with E-state index in [9.17, 15) is 18.4 Å². The van der Waals surface area contributed by atoms with E-state index >= 15 is 0 Å². The van der Waals surface area contributed by atoms with Gasteiger partial charge in [-0.15, -0.1) is 0 Å². The molecule has 2 atom stereocenters. The summed E-state index contributed by atoms with van der Waals surface area (Å²) in [6, 6.07) is 1.78. The van der Waals surface area contributed by atoms with Crippen molar-refractivity contribution in [3.63, 3.8) is 0 Å². The zero-order valence-electron chi connectivity index (χ0n) is 15.7. The minimum Gasteiger partial charge on any atom is -0.444 e. The summed E-state index contributed by atoms with van der Waals surface area (Å²) in [6.07, 6.45) is -1.37. The third-order valence-electron chi connectivity index (χ3n) is 3.83. The largest absolute Gasteiger partial charge is 0.444 e. The van der Waals surface area contributed by atoms with E-state index in [1.54, 1.807) is 41.5 Å². The summed E-state index contributed by atoms with van der Waals surface area (Å²) < 4.78 is 38.0. The summed E-state index contributed by atoms with van der Waals surface area (Å²) in [5.41, 5.74) is -2.04. The van der Waals surface area contributed by atoms with Crippen LogP contribution in [0.25, 0.3) is 0 Å². The molecular weight excluding hydrogens is 346 g/mol. The second-order valence-corrected chi connectivity index (χ2v) is 7.68. The van der Waals surface area contributed by atoms with Crippen molar-refractivity contribution in [3.8, 4) is 0 Å². The summed E-state index contributed by atoms with van der Waals surface area (Å²) in [6.45, 7) is 10.0. The molecule has 0 aromatic heterocycles. The van der Waals surface area contributed by atoms with E-state index in [1.807, 2.05) is 0 Å². The Labute approximate surface area is 151 Å². The minimum absolute atomic E-state index is 0.183. The number of hydrogen-bond donors (Lipinski definition) is 1. The molecule has 26 heavy (non-hydrogen) atoms. The molecule has 1 aromatic carbocycles. The lowest BCUT2D eigenvalue weighted by atomic mass is 10.1. The number of carbonyl (C=O) groups is 2. The van der Waals surface area contributed by atoms with Gasteiger partial charge in [0.1, 0.15) is 29.0 Å². The van der Waals surface area contributed by atoms with Gasteiger partial charge in [0.25, 0.3) is 0 Å². The smallest absolute Gasteiger partial charge is 0.413 e. The molecule has 144 valence electrons. The third kappa shape index (κ3) is 4.30. The van der Waals surface area contributed by atoms with Crippen LogP contribution in [0.2, 0.25) is 0 Å². The second-order valence-electron chi connectivity index (χ2n) is 7.68. The number of hydrogen-bond acceptors (Lipinski definition) is 4. The van der Waals surface area contributed by atoms with Gasteiger partial charge in [-0.2, -0.15) is 0 Å². The molecule has 0 spiro atoms. The molecule has 0 aliphatic carbocycles. The summed E-state index contributed by atoms with van der Waals surface area (Å²) in [4.78, 5) is 26.5. The van der Waals surface area contributed by atoms with Crippen molar-refractivity contribution in [2.45, 2.75) is 65.0 Å². The first-order chi connectivity index (χ1) is 11.8. The minimum atomic E-state index is -1.09. The predicted octanol–water partition coefficient (Wildman–Crippen LogP) is 3.66. The molecule has 1 aromatic rings. The molecule has 1 fully saturated rings. The Morgan fingerprint density at radius 1 is 1.27 bits per heavy atom. The fourth-order valence-corrected chi connectivity index (χ4v) is 2.89. The van der Waals surface area contributed by atoms with Crippen molar-refractivity contribution >= 4 is 17.7 Å². The highest BCUT2D eigenvalue weighted by Gasteiger charge is 2.52. The normalized spacial score (nSPS) is 22.2. The average molecular weight is 370 g/mol. The highest BCUT2D eigenvalue weighted by atomic mass is 19.1. The first-order valence-electron chi connectivity index (χ1n) is 8.28. The topological polar surface area (TPSA) is 67.9 Å². The summed E-state index contributed by atoms with van der Waals surface area (Å²) in [5.74, 6) is -2.32. The molecule has 2 rings (SSSR count). The van der Waals surface area contributed by atoms with E-state index in [2.05, 4.69) is 5.32 Å². The highest BCUT2D eigenvalue weighted by Crippen LogP contribution is 2.34. The van der Waals surface area contributed by atoms with Crippen LogP contribution in [-0.4, -0.2) is 40.4 Å². The third-order valence-corrected chi connectivity index (χ3v) is 3.83. The van der Waals surface area contributed by atoms with Gasteiger partial charge in [-0.3, -0.25) is 9.69 Å². The number of benzene rings is 1. The Balaban J connectivity index is 2.28. The van der Waals surface area contributed by atoms with Crippen molar-refractivity contribution in [2.24, 2.45) is 0 Å².